The molecule has 0 saturated carbocycles. The lowest BCUT2D eigenvalue weighted by Gasteiger charge is -2.28. The second kappa shape index (κ2) is 12.9. The fourth-order valence-electron chi connectivity index (χ4n) is 4.11. The van der Waals surface area contributed by atoms with E-state index in [9.17, 15) is 19.2 Å². The number of Topliss-reactive ketones (excluding diaryl/α,β-unsaturated/α-hetero) is 1. The van der Waals surface area contributed by atoms with E-state index in [1.807, 2.05) is 6.92 Å². The summed E-state index contributed by atoms with van der Waals surface area (Å²) in [7, 11) is 0. The van der Waals surface area contributed by atoms with Crippen molar-refractivity contribution in [2.45, 2.75) is 98.4 Å². The molecule has 2 amide bonds. The minimum Gasteiger partial charge on any atom is -0.464 e. The van der Waals surface area contributed by atoms with Crippen molar-refractivity contribution >= 4 is 52.5 Å². The Labute approximate surface area is 248 Å². The van der Waals surface area contributed by atoms with E-state index in [1.54, 1.807) is 53.0 Å². The first-order valence-electron chi connectivity index (χ1n) is 13.5. The van der Waals surface area contributed by atoms with Crippen LogP contribution in [0.1, 0.15) is 75.0 Å². The van der Waals surface area contributed by atoms with Crippen LogP contribution < -0.4 is 4.90 Å². The lowest BCUT2D eigenvalue weighted by Crippen LogP contribution is -2.44. The molecule has 1 aliphatic rings. The maximum Gasteiger partial charge on any atom is 0.425 e. The molecule has 0 radical (unpaired) electrons. The van der Waals surface area contributed by atoms with Crippen LogP contribution in [0, 0.1) is 5.92 Å². The number of anilines is 1. The van der Waals surface area contributed by atoms with Gasteiger partial charge in [0.15, 0.2) is 22.8 Å². The summed E-state index contributed by atoms with van der Waals surface area (Å²) in [6, 6.07) is 0. The van der Waals surface area contributed by atoms with Gasteiger partial charge in [0, 0.05) is 0 Å². The number of imide groups is 1. The monoisotopic (exact) mass is 611 g/mol. The summed E-state index contributed by atoms with van der Waals surface area (Å²) in [5, 5.41) is -0.263. The SMILES string of the molecule is CCOC(=O)C(OC[C@H]1O[C@@H](n2cnc3c(N(C(=O)OC(C)(C)C)C(=O)OC(C)(C)C)nc(Cl)nc32)C[C@@H]1C)C(C)=O. The van der Waals surface area contributed by atoms with Gasteiger partial charge in [-0.05, 0) is 79.3 Å². The van der Waals surface area contributed by atoms with E-state index in [4.69, 9.17) is 35.3 Å². The highest BCUT2D eigenvalue weighted by atomic mass is 35.5. The van der Waals surface area contributed by atoms with Crippen LogP contribution in [0.2, 0.25) is 5.28 Å². The molecule has 4 atom stereocenters. The van der Waals surface area contributed by atoms with Gasteiger partial charge >= 0.3 is 18.2 Å². The number of esters is 1. The summed E-state index contributed by atoms with van der Waals surface area (Å²) in [6.07, 6.45) is -2.59. The lowest BCUT2D eigenvalue weighted by molar-refractivity contribution is -0.164. The molecule has 0 bridgehead atoms. The third-order valence-electron chi connectivity index (χ3n) is 5.89. The fourth-order valence-corrected chi connectivity index (χ4v) is 4.27. The van der Waals surface area contributed by atoms with Gasteiger partial charge in [-0.2, -0.15) is 14.9 Å². The molecular formula is C27H38ClN5O9. The number of carbonyl (C=O) groups excluding carboxylic acids is 4. The van der Waals surface area contributed by atoms with E-state index in [0.717, 1.165) is 0 Å². The first-order chi connectivity index (χ1) is 19.4. The molecule has 0 spiro atoms. The fraction of sp³-hybridized carbons (Fsp3) is 0.667. The molecule has 42 heavy (non-hydrogen) atoms. The van der Waals surface area contributed by atoms with Crippen molar-refractivity contribution in [3.05, 3.63) is 11.6 Å². The van der Waals surface area contributed by atoms with E-state index in [1.165, 1.54) is 13.3 Å². The van der Waals surface area contributed by atoms with Gasteiger partial charge < -0.3 is 23.7 Å². The number of amides is 2. The molecule has 0 aromatic carbocycles. The summed E-state index contributed by atoms with van der Waals surface area (Å²) < 4.78 is 29.2. The summed E-state index contributed by atoms with van der Waals surface area (Å²) in [5.74, 6) is -1.52. The molecule has 3 heterocycles. The zero-order valence-corrected chi connectivity index (χ0v) is 26.1. The van der Waals surface area contributed by atoms with Crippen LogP contribution in [-0.2, 0) is 33.3 Å². The molecule has 0 N–H and O–H groups in total. The predicted molar refractivity (Wildman–Crippen MR) is 150 cm³/mol. The van der Waals surface area contributed by atoms with Gasteiger partial charge in [-0.15, -0.1) is 0 Å². The Morgan fingerprint density at radius 2 is 1.69 bits per heavy atom. The number of ketones is 1. The number of aromatic nitrogens is 4. The molecule has 1 aliphatic heterocycles. The molecular weight excluding hydrogens is 574 g/mol. The van der Waals surface area contributed by atoms with Crippen LogP contribution in [0.3, 0.4) is 0 Å². The number of hydrogen-bond acceptors (Lipinski definition) is 12. The summed E-state index contributed by atoms with van der Waals surface area (Å²) in [6.45, 7) is 14.8. The van der Waals surface area contributed by atoms with Crippen molar-refractivity contribution in [3.8, 4) is 0 Å². The third kappa shape index (κ3) is 8.13. The predicted octanol–water partition coefficient (Wildman–Crippen LogP) is 4.62. The first-order valence-corrected chi connectivity index (χ1v) is 13.9. The Morgan fingerprint density at radius 1 is 1.10 bits per heavy atom. The minimum atomic E-state index is -1.35. The zero-order valence-electron chi connectivity index (χ0n) is 25.3. The highest BCUT2D eigenvalue weighted by Crippen LogP contribution is 2.37. The van der Waals surface area contributed by atoms with Gasteiger partial charge in [0.2, 0.25) is 11.4 Å². The van der Waals surface area contributed by atoms with Crippen molar-refractivity contribution in [3.63, 3.8) is 0 Å². The molecule has 1 unspecified atom stereocenters. The Bertz CT molecular complexity index is 1310. The van der Waals surface area contributed by atoms with Crippen molar-refractivity contribution in [2.24, 2.45) is 5.92 Å². The summed E-state index contributed by atoms with van der Waals surface area (Å²) in [5.41, 5.74) is -1.61. The quantitative estimate of drug-likeness (QED) is 0.176. The normalized spacial score (nSPS) is 19.8. The average molecular weight is 612 g/mol. The number of nitrogens with zero attached hydrogens (tertiary/aromatic N) is 5. The molecule has 14 nitrogen and oxygen atoms in total. The average Bonchev–Trinajstić information content (AvgIpc) is 3.40. The van der Waals surface area contributed by atoms with Crippen molar-refractivity contribution in [1.29, 1.82) is 0 Å². The molecule has 2 aromatic heterocycles. The van der Waals surface area contributed by atoms with E-state index in [-0.39, 0.29) is 41.4 Å². The largest absolute Gasteiger partial charge is 0.464 e. The van der Waals surface area contributed by atoms with E-state index in [2.05, 4.69) is 15.0 Å². The van der Waals surface area contributed by atoms with Crippen LogP contribution in [0.4, 0.5) is 15.4 Å². The molecule has 3 rings (SSSR count). The molecule has 1 saturated heterocycles. The second-order valence-corrected chi connectivity index (χ2v) is 12.2. The number of halogens is 1. The Morgan fingerprint density at radius 3 is 2.21 bits per heavy atom. The number of fused-ring (bicyclic) bond motifs is 1. The Kier molecular flexibility index (Phi) is 10.2. The highest BCUT2D eigenvalue weighted by molar-refractivity contribution is 6.29. The Hall–Kier alpha value is -3.36. The number of imidazole rings is 1. The van der Waals surface area contributed by atoms with Crippen LogP contribution >= 0.6 is 11.6 Å². The number of rotatable bonds is 8. The number of ether oxygens (including phenoxy) is 5. The van der Waals surface area contributed by atoms with Crippen LogP contribution in [-0.4, -0.2) is 80.1 Å². The van der Waals surface area contributed by atoms with Gasteiger partial charge in [-0.3, -0.25) is 9.36 Å². The van der Waals surface area contributed by atoms with Crippen LogP contribution in [0.15, 0.2) is 6.33 Å². The minimum absolute atomic E-state index is 0.0422. The van der Waals surface area contributed by atoms with E-state index >= 15 is 0 Å². The van der Waals surface area contributed by atoms with Gasteiger partial charge in [-0.1, -0.05) is 6.92 Å². The molecule has 0 aliphatic carbocycles. The van der Waals surface area contributed by atoms with Gasteiger partial charge in [0.25, 0.3) is 0 Å². The summed E-state index contributed by atoms with van der Waals surface area (Å²) >= 11 is 6.28. The highest BCUT2D eigenvalue weighted by Gasteiger charge is 2.39. The lowest BCUT2D eigenvalue weighted by atomic mass is 10.0. The molecule has 15 heteroatoms. The molecule has 2 aromatic rings. The zero-order chi connectivity index (χ0) is 31.6. The van der Waals surface area contributed by atoms with Crippen LogP contribution in [0.5, 0.6) is 0 Å². The third-order valence-corrected chi connectivity index (χ3v) is 6.06. The maximum absolute atomic E-state index is 13.2. The van der Waals surface area contributed by atoms with Gasteiger partial charge in [-0.25, -0.2) is 19.4 Å². The maximum atomic E-state index is 13.2. The van der Waals surface area contributed by atoms with E-state index in [0.29, 0.717) is 11.3 Å². The first kappa shape index (κ1) is 33.1. The smallest absolute Gasteiger partial charge is 0.425 e. The van der Waals surface area contributed by atoms with Gasteiger partial charge in [0.1, 0.15) is 17.4 Å². The number of carbonyl (C=O) groups is 4. The van der Waals surface area contributed by atoms with Gasteiger partial charge in [0.05, 0.1) is 25.6 Å². The van der Waals surface area contributed by atoms with E-state index < -0.39 is 53.6 Å². The van der Waals surface area contributed by atoms with Crippen molar-refractivity contribution in [2.75, 3.05) is 18.1 Å². The summed E-state index contributed by atoms with van der Waals surface area (Å²) in [4.78, 5) is 63.9. The topological polar surface area (TPSA) is 161 Å². The van der Waals surface area contributed by atoms with Crippen LogP contribution in [0.25, 0.3) is 11.2 Å². The van der Waals surface area contributed by atoms with Crippen molar-refractivity contribution in [1.82, 2.24) is 19.5 Å². The standard InChI is InChI=1S/C27H38ClN5O9/c1-10-38-22(35)19(15(3)34)39-12-16-14(2)11-17(40-16)32-13-29-18-20(32)30-23(28)31-21(18)33(24(36)41-26(4,5)6)25(37)42-27(7,8)9/h13-14,16-17,19H,10-12H2,1-9H3/t14-,16+,17+,19?/m0/s1. The second-order valence-electron chi connectivity index (χ2n) is 11.9. The van der Waals surface area contributed by atoms with Crippen molar-refractivity contribution < 1.29 is 42.9 Å². The number of hydrogen-bond donors (Lipinski definition) is 0. The molecule has 232 valence electrons. The Balaban J connectivity index is 1.94. The molecule has 1 fully saturated rings.